The van der Waals surface area contributed by atoms with E-state index in [0.717, 1.165) is 11.8 Å². The molecule has 2 nitrogen and oxygen atoms in total. The van der Waals surface area contributed by atoms with E-state index in [1.54, 1.807) is 0 Å². The van der Waals surface area contributed by atoms with E-state index in [0.29, 0.717) is 11.8 Å². The van der Waals surface area contributed by atoms with Crippen LogP contribution in [0.25, 0.3) is 5.69 Å². The number of rotatable bonds is 1. The summed E-state index contributed by atoms with van der Waals surface area (Å²) in [5, 5.41) is 0. The first-order valence-corrected chi connectivity index (χ1v) is 8.35. The van der Waals surface area contributed by atoms with Crippen LogP contribution in [0.4, 0.5) is 0 Å². The summed E-state index contributed by atoms with van der Waals surface area (Å²) in [6, 6.07) is 10.7. The van der Waals surface area contributed by atoms with E-state index in [9.17, 15) is 0 Å². The minimum Gasteiger partial charge on any atom is -0.303 e. The lowest BCUT2D eigenvalue weighted by Crippen LogP contribution is -2.20. The molecular formula is C19H24N2. The third kappa shape index (κ3) is 2.21. The highest BCUT2D eigenvalue weighted by atomic mass is 15.1. The topological polar surface area (TPSA) is 17.8 Å². The fraction of sp³-hybridized carbons (Fsp3) is 0.526. The van der Waals surface area contributed by atoms with E-state index < -0.39 is 0 Å². The van der Waals surface area contributed by atoms with Crippen LogP contribution in [0.15, 0.2) is 36.7 Å². The Balaban J connectivity index is 1.84. The first-order valence-electron chi connectivity index (χ1n) is 8.35. The predicted octanol–water partition coefficient (Wildman–Crippen LogP) is 4.90. The maximum Gasteiger partial charge on any atom is 0.0997 e. The number of hydrogen-bond donors (Lipinski definition) is 0. The fourth-order valence-electron chi connectivity index (χ4n) is 4.72. The highest BCUT2D eigenvalue weighted by Crippen LogP contribution is 2.48. The van der Waals surface area contributed by atoms with Crippen LogP contribution in [0.5, 0.6) is 0 Å². The van der Waals surface area contributed by atoms with Crippen LogP contribution in [0.2, 0.25) is 0 Å². The predicted molar refractivity (Wildman–Crippen MR) is 85.8 cm³/mol. The minimum atomic E-state index is 0.602. The zero-order chi connectivity index (χ0) is 14.4. The molecule has 1 aromatic heterocycles. The number of imidazole rings is 1. The van der Waals surface area contributed by atoms with E-state index >= 15 is 0 Å². The Bertz CT molecular complexity index is 628. The molecule has 0 radical (unpaired) electrons. The number of fused-ring (bicyclic) bond motifs is 4. The molecule has 4 rings (SSSR count). The summed E-state index contributed by atoms with van der Waals surface area (Å²) in [5.41, 5.74) is 4.12. The first kappa shape index (κ1) is 13.1. The van der Waals surface area contributed by atoms with Crippen molar-refractivity contribution in [3.8, 4) is 5.69 Å². The van der Waals surface area contributed by atoms with Crippen molar-refractivity contribution < 1.29 is 0 Å². The van der Waals surface area contributed by atoms with Gasteiger partial charge in [0.05, 0.1) is 12.0 Å². The molecule has 1 heterocycles. The number of nitrogens with zero attached hydrogens (tertiary/aromatic N) is 2. The molecule has 2 aromatic rings. The van der Waals surface area contributed by atoms with Crippen LogP contribution in [-0.4, -0.2) is 9.55 Å². The quantitative estimate of drug-likeness (QED) is 0.726. The van der Waals surface area contributed by atoms with Gasteiger partial charge in [-0.25, -0.2) is 4.98 Å². The van der Waals surface area contributed by atoms with Crippen LogP contribution in [0.1, 0.15) is 62.8 Å². The molecule has 1 saturated carbocycles. The summed E-state index contributed by atoms with van der Waals surface area (Å²) in [5.74, 6) is 3.05. The van der Waals surface area contributed by atoms with Gasteiger partial charge in [0.2, 0.25) is 0 Å². The van der Waals surface area contributed by atoms with Gasteiger partial charge in [-0.15, -0.1) is 0 Å². The molecule has 2 heteroatoms. The van der Waals surface area contributed by atoms with Crippen LogP contribution in [-0.2, 0) is 0 Å². The van der Waals surface area contributed by atoms with Crippen LogP contribution in [0, 0.1) is 11.8 Å². The van der Waals surface area contributed by atoms with Gasteiger partial charge in [-0.2, -0.15) is 0 Å². The van der Waals surface area contributed by atoms with E-state index in [2.05, 4.69) is 55.1 Å². The van der Waals surface area contributed by atoms with Crippen molar-refractivity contribution in [2.24, 2.45) is 11.8 Å². The molecule has 21 heavy (non-hydrogen) atoms. The molecule has 0 saturated heterocycles. The van der Waals surface area contributed by atoms with E-state index in [4.69, 9.17) is 4.98 Å². The summed E-state index contributed by atoms with van der Waals surface area (Å²) in [6.45, 7) is 4.80. The maximum atomic E-state index is 4.82. The van der Waals surface area contributed by atoms with Gasteiger partial charge in [0.15, 0.2) is 0 Å². The Morgan fingerprint density at radius 3 is 2.62 bits per heavy atom. The average Bonchev–Trinajstić information content (AvgIpc) is 2.89. The zero-order valence-electron chi connectivity index (χ0n) is 13.0. The summed E-state index contributed by atoms with van der Waals surface area (Å²) >= 11 is 0. The van der Waals surface area contributed by atoms with Crippen molar-refractivity contribution >= 4 is 0 Å². The van der Waals surface area contributed by atoms with Gasteiger partial charge < -0.3 is 4.57 Å². The lowest BCUT2D eigenvalue weighted by atomic mass is 9.74. The highest BCUT2D eigenvalue weighted by molar-refractivity contribution is 5.38. The van der Waals surface area contributed by atoms with Crippen LogP contribution < -0.4 is 0 Å². The van der Waals surface area contributed by atoms with Crippen molar-refractivity contribution in [2.45, 2.75) is 51.4 Å². The second-order valence-electron chi connectivity index (χ2n) is 7.23. The lowest BCUT2D eigenvalue weighted by Gasteiger charge is -2.32. The first-order chi connectivity index (χ1) is 10.2. The average molecular weight is 280 g/mol. The summed E-state index contributed by atoms with van der Waals surface area (Å²) in [7, 11) is 0. The summed E-state index contributed by atoms with van der Waals surface area (Å²) in [4.78, 5) is 4.82. The molecule has 0 aliphatic heterocycles. The summed E-state index contributed by atoms with van der Waals surface area (Å²) in [6.07, 6.45) is 7.47. The Morgan fingerprint density at radius 2 is 1.81 bits per heavy atom. The summed E-state index contributed by atoms with van der Waals surface area (Å²) < 4.78 is 2.36. The SMILES string of the molecule is CC1CC2CC(C)c3ncn(-c4ccccc4)c3C(C1)C2. The molecule has 2 aliphatic carbocycles. The molecule has 2 aliphatic rings. The standard InChI is InChI=1S/C19H24N2/c1-13-8-15-10-14(2)18-19(16(9-13)11-15)21(12-20-18)17-6-4-3-5-7-17/h3-7,12-16H,8-11H2,1-2H3. The van der Waals surface area contributed by atoms with Gasteiger partial charge in [0, 0.05) is 23.2 Å². The zero-order valence-corrected chi connectivity index (χ0v) is 13.0. The second kappa shape index (κ2) is 5.01. The largest absolute Gasteiger partial charge is 0.303 e. The number of benzene rings is 1. The van der Waals surface area contributed by atoms with Gasteiger partial charge in [-0.3, -0.25) is 0 Å². The fourth-order valence-corrected chi connectivity index (χ4v) is 4.72. The molecule has 0 amide bonds. The van der Waals surface area contributed by atoms with Gasteiger partial charge in [0.25, 0.3) is 0 Å². The molecule has 2 bridgehead atoms. The van der Waals surface area contributed by atoms with Crippen LogP contribution in [0.3, 0.4) is 0 Å². The lowest BCUT2D eigenvalue weighted by molar-refractivity contribution is 0.240. The van der Waals surface area contributed by atoms with Crippen molar-refractivity contribution in [1.82, 2.24) is 9.55 Å². The van der Waals surface area contributed by atoms with Crippen molar-refractivity contribution in [2.75, 3.05) is 0 Å². The van der Waals surface area contributed by atoms with Gasteiger partial charge in [0.1, 0.15) is 0 Å². The van der Waals surface area contributed by atoms with E-state index in [1.807, 2.05) is 0 Å². The number of hydrogen-bond acceptors (Lipinski definition) is 1. The molecular weight excluding hydrogens is 256 g/mol. The Hall–Kier alpha value is -1.57. The molecule has 0 N–H and O–H groups in total. The van der Waals surface area contributed by atoms with Crippen molar-refractivity contribution in [1.29, 1.82) is 0 Å². The Morgan fingerprint density at radius 1 is 1.00 bits per heavy atom. The van der Waals surface area contributed by atoms with Gasteiger partial charge in [-0.05, 0) is 49.7 Å². The van der Waals surface area contributed by atoms with Crippen molar-refractivity contribution in [3.05, 3.63) is 48.0 Å². The van der Waals surface area contributed by atoms with Gasteiger partial charge in [-0.1, -0.05) is 32.0 Å². The van der Waals surface area contributed by atoms with E-state index in [-0.39, 0.29) is 0 Å². The molecule has 1 aromatic carbocycles. The van der Waals surface area contributed by atoms with E-state index in [1.165, 1.54) is 42.8 Å². The monoisotopic (exact) mass is 280 g/mol. The highest BCUT2D eigenvalue weighted by Gasteiger charge is 2.36. The minimum absolute atomic E-state index is 0.602. The molecule has 4 atom stereocenters. The van der Waals surface area contributed by atoms with Crippen molar-refractivity contribution in [3.63, 3.8) is 0 Å². The molecule has 1 fully saturated rings. The number of aromatic nitrogens is 2. The second-order valence-corrected chi connectivity index (χ2v) is 7.23. The van der Waals surface area contributed by atoms with Crippen LogP contribution >= 0.6 is 0 Å². The maximum absolute atomic E-state index is 4.82. The number of para-hydroxylation sites is 1. The molecule has 0 spiro atoms. The Labute approximate surface area is 127 Å². The smallest absolute Gasteiger partial charge is 0.0997 e. The molecule has 110 valence electrons. The normalized spacial score (nSPS) is 31.5. The Kier molecular flexibility index (Phi) is 3.13. The third-order valence-corrected chi connectivity index (χ3v) is 5.45. The molecule has 4 unspecified atom stereocenters. The van der Waals surface area contributed by atoms with Gasteiger partial charge >= 0.3 is 0 Å². The third-order valence-electron chi connectivity index (χ3n) is 5.45.